The van der Waals surface area contributed by atoms with Crippen LogP contribution in [0, 0.1) is 5.41 Å². The van der Waals surface area contributed by atoms with Crippen molar-refractivity contribution < 1.29 is 14.3 Å². The van der Waals surface area contributed by atoms with Crippen molar-refractivity contribution in [3.63, 3.8) is 0 Å². The van der Waals surface area contributed by atoms with Crippen LogP contribution in [0.5, 0.6) is 5.75 Å². The summed E-state index contributed by atoms with van der Waals surface area (Å²) in [6.45, 7) is 4.97. The van der Waals surface area contributed by atoms with Gasteiger partial charge in [0.1, 0.15) is 5.75 Å². The molecule has 2 aromatic rings. The van der Waals surface area contributed by atoms with Crippen LogP contribution in [0.15, 0.2) is 60.7 Å². The fraction of sp³-hybridized carbons (Fsp3) is 0.400. The van der Waals surface area contributed by atoms with E-state index in [0.717, 1.165) is 43.8 Å². The van der Waals surface area contributed by atoms with Crippen molar-refractivity contribution in [2.45, 2.75) is 26.2 Å². The van der Waals surface area contributed by atoms with Gasteiger partial charge in [-0.2, -0.15) is 0 Å². The number of rotatable bonds is 8. The fourth-order valence-corrected chi connectivity index (χ4v) is 3.98. The van der Waals surface area contributed by atoms with Gasteiger partial charge in [-0.15, -0.1) is 0 Å². The van der Waals surface area contributed by atoms with E-state index in [1.807, 2.05) is 43.3 Å². The number of ether oxygens (including phenoxy) is 2. The summed E-state index contributed by atoms with van der Waals surface area (Å²) in [7, 11) is 1.67. The molecule has 1 fully saturated rings. The molecule has 0 atom stereocenters. The van der Waals surface area contributed by atoms with Crippen LogP contribution in [0.25, 0.3) is 6.08 Å². The Labute approximate surface area is 174 Å². The Kier molecular flexibility index (Phi) is 7.48. The third kappa shape index (κ3) is 5.70. The Balaban J connectivity index is 1.64. The van der Waals surface area contributed by atoms with E-state index in [4.69, 9.17) is 9.47 Å². The number of nitrogens with zero attached hydrogens (tertiary/aromatic N) is 1. The van der Waals surface area contributed by atoms with Gasteiger partial charge in [-0.1, -0.05) is 54.6 Å². The molecule has 4 nitrogen and oxygen atoms in total. The first kappa shape index (κ1) is 21.1. The first-order valence-corrected chi connectivity index (χ1v) is 10.4. The van der Waals surface area contributed by atoms with Gasteiger partial charge in [0.25, 0.3) is 0 Å². The number of likely N-dealkylation sites (tertiary alicyclic amines) is 1. The van der Waals surface area contributed by atoms with Crippen LogP contribution in [0.2, 0.25) is 0 Å². The summed E-state index contributed by atoms with van der Waals surface area (Å²) < 4.78 is 10.8. The summed E-state index contributed by atoms with van der Waals surface area (Å²) in [5, 5.41) is 0. The maximum atomic E-state index is 12.9. The Hall–Kier alpha value is -2.59. The average Bonchev–Trinajstić information content (AvgIpc) is 2.76. The maximum absolute atomic E-state index is 12.9. The second-order valence-corrected chi connectivity index (χ2v) is 7.64. The van der Waals surface area contributed by atoms with Crippen LogP contribution < -0.4 is 4.74 Å². The predicted octanol–water partition coefficient (Wildman–Crippen LogP) is 4.60. The molecule has 154 valence electrons. The maximum Gasteiger partial charge on any atom is 0.312 e. The first-order chi connectivity index (χ1) is 14.1. The van der Waals surface area contributed by atoms with Gasteiger partial charge >= 0.3 is 5.97 Å². The minimum atomic E-state index is -0.456. The highest BCUT2D eigenvalue weighted by Gasteiger charge is 2.42. The monoisotopic (exact) mass is 393 g/mol. The van der Waals surface area contributed by atoms with E-state index >= 15 is 0 Å². The van der Waals surface area contributed by atoms with Crippen molar-refractivity contribution in [1.29, 1.82) is 0 Å². The smallest absolute Gasteiger partial charge is 0.312 e. The van der Waals surface area contributed by atoms with E-state index in [0.29, 0.717) is 13.0 Å². The molecule has 0 N–H and O–H groups in total. The van der Waals surface area contributed by atoms with E-state index in [1.165, 1.54) is 5.56 Å². The van der Waals surface area contributed by atoms with Gasteiger partial charge in [-0.05, 0) is 62.5 Å². The molecule has 1 aliphatic heterocycles. The largest absolute Gasteiger partial charge is 0.497 e. The van der Waals surface area contributed by atoms with Crippen molar-refractivity contribution >= 4 is 12.0 Å². The van der Waals surface area contributed by atoms with Crippen LogP contribution in [0.4, 0.5) is 0 Å². The number of hydrogen-bond acceptors (Lipinski definition) is 4. The molecule has 0 spiro atoms. The molecule has 1 saturated heterocycles. The molecule has 1 heterocycles. The quantitative estimate of drug-likeness (QED) is 0.615. The summed E-state index contributed by atoms with van der Waals surface area (Å²) in [6.07, 6.45) is 6.67. The Bertz CT molecular complexity index is 808. The third-order valence-electron chi connectivity index (χ3n) is 5.67. The Morgan fingerprint density at radius 3 is 2.55 bits per heavy atom. The van der Waals surface area contributed by atoms with Crippen LogP contribution in [-0.2, 0) is 16.0 Å². The van der Waals surface area contributed by atoms with E-state index in [9.17, 15) is 4.79 Å². The summed E-state index contributed by atoms with van der Waals surface area (Å²) >= 11 is 0. The van der Waals surface area contributed by atoms with Gasteiger partial charge < -0.3 is 9.47 Å². The molecule has 2 aromatic carbocycles. The van der Waals surface area contributed by atoms with Gasteiger partial charge in [0.15, 0.2) is 0 Å². The van der Waals surface area contributed by atoms with Gasteiger partial charge in [0, 0.05) is 6.54 Å². The molecule has 0 unspecified atom stereocenters. The fourth-order valence-electron chi connectivity index (χ4n) is 3.98. The zero-order valence-corrected chi connectivity index (χ0v) is 17.5. The highest BCUT2D eigenvalue weighted by molar-refractivity contribution is 5.77. The minimum Gasteiger partial charge on any atom is -0.497 e. The molecule has 0 aromatic heterocycles. The van der Waals surface area contributed by atoms with Gasteiger partial charge in [0.05, 0.1) is 19.1 Å². The van der Waals surface area contributed by atoms with Crippen molar-refractivity contribution in [3.05, 3.63) is 71.8 Å². The first-order valence-electron chi connectivity index (χ1n) is 10.4. The summed E-state index contributed by atoms with van der Waals surface area (Å²) in [6, 6.07) is 18.3. The van der Waals surface area contributed by atoms with Gasteiger partial charge in [-0.25, -0.2) is 0 Å². The van der Waals surface area contributed by atoms with Gasteiger partial charge in [-0.3, -0.25) is 9.69 Å². The average molecular weight is 394 g/mol. The number of carbonyl (C=O) groups is 1. The van der Waals surface area contributed by atoms with E-state index in [-0.39, 0.29) is 5.97 Å². The molecular weight excluding hydrogens is 362 g/mol. The molecule has 4 heteroatoms. The van der Waals surface area contributed by atoms with Crippen LogP contribution in [-0.4, -0.2) is 44.2 Å². The predicted molar refractivity (Wildman–Crippen MR) is 117 cm³/mol. The van der Waals surface area contributed by atoms with Crippen molar-refractivity contribution in [2.75, 3.05) is 33.4 Å². The second-order valence-electron chi connectivity index (χ2n) is 7.64. The summed E-state index contributed by atoms with van der Waals surface area (Å²) in [5.41, 5.74) is 1.88. The lowest BCUT2D eigenvalue weighted by molar-refractivity contribution is -0.158. The molecule has 3 rings (SSSR count). The van der Waals surface area contributed by atoms with Gasteiger partial charge in [0.2, 0.25) is 0 Å². The van der Waals surface area contributed by atoms with Crippen LogP contribution in [0.3, 0.4) is 0 Å². The summed E-state index contributed by atoms with van der Waals surface area (Å²) in [5.74, 6) is 0.757. The van der Waals surface area contributed by atoms with Crippen LogP contribution in [0.1, 0.15) is 30.9 Å². The minimum absolute atomic E-state index is 0.0673. The number of benzene rings is 2. The Morgan fingerprint density at radius 2 is 1.86 bits per heavy atom. The Morgan fingerprint density at radius 1 is 1.10 bits per heavy atom. The highest BCUT2D eigenvalue weighted by Crippen LogP contribution is 2.37. The normalized spacial score (nSPS) is 16.6. The van der Waals surface area contributed by atoms with E-state index < -0.39 is 5.41 Å². The SMILES string of the molecule is CCOC(=O)C1(Cc2cccc(OC)c2)CCN(CC=Cc2ccccc2)CC1. The molecule has 29 heavy (non-hydrogen) atoms. The molecule has 0 bridgehead atoms. The molecule has 1 aliphatic rings. The van der Waals surface area contributed by atoms with Crippen LogP contribution >= 0.6 is 0 Å². The number of piperidine rings is 1. The zero-order valence-electron chi connectivity index (χ0n) is 17.5. The molecule has 0 radical (unpaired) electrons. The lowest BCUT2D eigenvalue weighted by Crippen LogP contribution is -2.46. The number of esters is 1. The zero-order chi connectivity index (χ0) is 20.5. The standard InChI is InChI=1S/C25H31NO3/c1-3-29-24(27)25(20-22-11-7-13-23(19-22)28-2)14-17-26(18-15-25)16-8-12-21-9-5-4-6-10-21/h4-13,19H,3,14-18,20H2,1-2H3. The topological polar surface area (TPSA) is 38.8 Å². The third-order valence-corrected chi connectivity index (χ3v) is 5.67. The number of methoxy groups -OCH3 is 1. The molecule has 0 amide bonds. The van der Waals surface area contributed by atoms with Crippen molar-refractivity contribution in [3.8, 4) is 5.75 Å². The highest BCUT2D eigenvalue weighted by atomic mass is 16.5. The van der Waals surface area contributed by atoms with Crippen molar-refractivity contribution in [1.82, 2.24) is 4.90 Å². The molecular formula is C25H31NO3. The van der Waals surface area contributed by atoms with E-state index in [1.54, 1.807) is 7.11 Å². The summed E-state index contributed by atoms with van der Waals surface area (Å²) in [4.78, 5) is 15.3. The molecule has 0 saturated carbocycles. The van der Waals surface area contributed by atoms with E-state index in [2.05, 4.69) is 35.3 Å². The lowest BCUT2D eigenvalue weighted by atomic mass is 9.73. The second kappa shape index (κ2) is 10.3. The van der Waals surface area contributed by atoms with Crippen molar-refractivity contribution in [2.24, 2.45) is 5.41 Å². The lowest BCUT2D eigenvalue weighted by Gasteiger charge is -2.39. The number of hydrogen-bond donors (Lipinski definition) is 0. The number of carbonyl (C=O) groups excluding carboxylic acids is 1. The molecule has 0 aliphatic carbocycles.